The minimum atomic E-state index is 0.265. The lowest BCUT2D eigenvalue weighted by molar-refractivity contribution is -0.117. The van der Waals surface area contributed by atoms with E-state index in [4.69, 9.17) is 0 Å². The van der Waals surface area contributed by atoms with Crippen LogP contribution in [0.5, 0.6) is 0 Å². The Labute approximate surface area is 113 Å². The summed E-state index contributed by atoms with van der Waals surface area (Å²) >= 11 is 4.43. The van der Waals surface area contributed by atoms with Crippen molar-refractivity contribution in [3.63, 3.8) is 0 Å². The number of carbonyl (C=O) groups excluding carboxylic acids is 1. The van der Waals surface area contributed by atoms with Gasteiger partial charge in [-0.15, -0.1) is 0 Å². The Morgan fingerprint density at radius 3 is 1.88 bits per heavy atom. The SMILES string of the molecule is CCCCCCCCCCCC(S)CC(C)=O. The van der Waals surface area contributed by atoms with Gasteiger partial charge in [0.1, 0.15) is 5.78 Å². The molecule has 102 valence electrons. The summed E-state index contributed by atoms with van der Waals surface area (Å²) in [5.41, 5.74) is 0. The number of ketones is 1. The maximum Gasteiger partial charge on any atom is 0.130 e. The summed E-state index contributed by atoms with van der Waals surface area (Å²) in [4.78, 5) is 10.9. The van der Waals surface area contributed by atoms with Gasteiger partial charge in [-0.25, -0.2) is 0 Å². The third kappa shape index (κ3) is 14.0. The molecule has 0 saturated carbocycles. The van der Waals surface area contributed by atoms with Crippen molar-refractivity contribution in [2.45, 2.75) is 89.7 Å². The molecule has 0 aromatic carbocycles. The van der Waals surface area contributed by atoms with Gasteiger partial charge in [-0.1, -0.05) is 64.7 Å². The average molecular weight is 258 g/mol. The molecule has 0 bridgehead atoms. The first kappa shape index (κ1) is 17.0. The lowest BCUT2D eigenvalue weighted by Gasteiger charge is -2.07. The molecule has 0 heterocycles. The van der Waals surface area contributed by atoms with Gasteiger partial charge >= 0.3 is 0 Å². The Balaban J connectivity index is 3.10. The van der Waals surface area contributed by atoms with E-state index >= 15 is 0 Å². The van der Waals surface area contributed by atoms with Crippen LogP contribution in [0, 0.1) is 0 Å². The van der Waals surface area contributed by atoms with E-state index in [2.05, 4.69) is 19.6 Å². The third-order valence-electron chi connectivity index (χ3n) is 3.16. The van der Waals surface area contributed by atoms with Gasteiger partial charge in [0.05, 0.1) is 0 Å². The van der Waals surface area contributed by atoms with Crippen LogP contribution in [0.15, 0.2) is 0 Å². The molecule has 0 aromatic heterocycles. The molecule has 2 heteroatoms. The number of hydrogen-bond donors (Lipinski definition) is 1. The molecule has 0 saturated heterocycles. The topological polar surface area (TPSA) is 17.1 Å². The number of hydrogen-bond acceptors (Lipinski definition) is 2. The van der Waals surface area contributed by atoms with Gasteiger partial charge in [-0.05, 0) is 13.3 Å². The fourth-order valence-electron chi connectivity index (χ4n) is 2.12. The fourth-order valence-corrected chi connectivity index (χ4v) is 2.56. The first-order valence-corrected chi connectivity index (χ1v) is 7.86. The number of unbranched alkanes of at least 4 members (excludes halogenated alkanes) is 8. The molecule has 0 fully saturated rings. The zero-order chi connectivity index (χ0) is 12.9. The molecule has 0 aromatic rings. The predicted molar refractivity (Wildman–Crippen MR) is 79.9 cm³/mol. The van der Waals surface area contributed by atoms with Crippen LogP contribution in [0.25, 0.3) is 0 Å². The Bertz CT molecular complexity index is 180. The highest BCUT2D eigenvalue weighted by atomic mass is 32.1. The number of Topliss-reactive ketones (excluding diaryl/α,β-unsaturated/α-hetero) is 1. The Morgan fingerprint density at radius 1 is 0.941 bits per heavy atom. The summed E-state index contributed by atoms with van der Waals surface area (Å²) in [6.07, 6.45) is 14.0. The minimum Gasteiger partial charge on any atom is -0.300 e. The van der Waals surface area contributed by atoms with E-state index in [9.17, 15) is 4.79 Å². The summed E-state index contributed by atoms with van der Waals surface area (Å²) in [5, 5.41) is 0.289. The lowest BCUT2D eigenvalue weighted by atomic mass is 10.0. The zero-order valence-electron chi connectivity index (χ0n) is 11.7. The quantitative estimate of drug-likeness (QED) is 0.377. The van der Waals surface area contributed by atoms with E-state index in [1.54, 1.807) is 6.92 Å². The van der Waals surface area contributed by atoms with Crippen LogP contribution in [0.2, 0.25) is 0 Å². The highest BCUT2D eigenvalue weighted by Crippen LogP contribution is 2.15. The van der Waals surface area contributed by atoms with Gasteiger partial charge in [0, 0.05) is 11.7 Å². The van der Waals surface area contributed by atoms with E-state index in [0.29, 0.717) is 6.42 Å². The van der Waals surface area contributed by atoms with Crippen LogP contribution >= 0.6 is 12.6 Å². The molecule has 0 aliphatic carbocycles. The Kier molecular flexibility index (Phi) is 12.5. The lowest BCUT2D eigenvalue weighted by Crippen LogP contribution is -2.04. The third-order valence-corrected chi connectivity index (χ3v) is 3.60. The number of rotatable bonds is 12. The van der Waals surface area contributed by atoms with Crippen LogP contribution < -0.4 is 0 Å². The van der Waals surface area contributed by atoms with Crippen molar-refractivity contribution in [1.82, 2.24) is 0 Å². The van der Waals surface area contributed by atoms with Gasteiger partial charge in [0.15, 0.2) is 0 Å². The predicted octanol–water partition coefficient (Wildman–Crippen LogP) is 5.18. The highest BCUT2D eigenvalue weighted by Gasteiger charge is 2.05. The van der Waals surface area contributed by atoms with Gasteiger partial charge in [-0.2, -0.15) is 12.6 Å². The molecule has 0 N–H and O–H groups in total. The second-order valence-corrected chi connectivity index (χ2v) is 5.91. The van der Waals surface area contributed by atoms with Gasteiger partial charge in [0.25, 0.3) is 0 Å². The van der Waals surface area contributed by atoms with Crippen LogP contribution in [0.1, 0.15) is 84.5 Å². The first-order chi connectivity index (χ1) is 8.16. The molecule has 0 aliphatic rings. The number of thiol groups is 1. The molecule has 17 heavy (non-hydrogen) atoms. The maximum atomic E-state index is 10.9. The van der Waals surface area contributed by atoms with Crippen molar-refractivity contribution < 1.29 is 4.79 Å². The second-order valence-electron chi connectivity index (χ2n) is 5.18. The normalized spacial score (nSPS) is 12.6. The van der Waals surface area contributed by atoms with Crippen molar-refractivity contribution in [1.29, 1.82) is 0 Å². The fraction of sp³-hybridized carbons (Fsp3) is 0.933. The standard InChI is InChI=1S/C15H30OS/c1-3-4-5-6-7-8-9-10-11-12-15(17)13-14(2)16/h15,17H,3-13H2,1-2H3. The van der Waals surface area contributed by atoms with Gasteiger partial charge < -0.3 is 0 Å². The molecule has 1 unspecified atom stereocenters. The molecule has 0 radical (unpaired) electrons. The molecule has 1 atom stereocenters. The van der Waals surface area contributed by atoms with E-state index in [1.165, 1.54) is 57.8 Å². The van der Waals surface area contributed by atoms with Crippen LogP contribution in [-0.4, -0.2) is 11.0 Å². The van der Waals surface area contributed by atoms with Crippen molar-refractivity contribution >= 4 is 18.4 Å². The van der Waals surface area contributed by atoms with Crippen molar-refractivity contribution in [2.75, 3.05) is 0 Å². The number of carbonyl (C=O) groups is 1. The highest BCUT2D eigenvalue weighted by molar-refractivity contribution is 7.81. The average Bonchev–Trinajstić information content (AvgIpc) is 2.26. The molecular formula is C15H30OS. The summed E-state index contributed by atoms with van der Waals surface area (Å²) in [6, 6.07) is 0. The smallest absolute Gasteiger partial charge is 0.130 e. The van der Waals surface area contributed by atoms with E-state index in [0.717, 1.165) is 6.42 Å². The van der Waals surface area contributed by atoms with Crippen molar-refractivity contribution in [3.05, 3.63) is 0 Å². The Morgan fingerprint density at radius 2 is 1.41 bits per heavy atom. The van der Waals surface area contributed by atoms with Crippen LogP contribution in [0.4, 0.5) is 0 Å². The van der Waals surface area contributed by atoms with Gasteiger partial charge in [0.2, 0.25) is 0 Å². The monoisotopic (exact) mass is 258 g/mol. The maximum absolute atomic E-state index is 10.9. The van der Waals surface area contributed by atoms with Crippen LogP contribution in [0.3, 0.4) is 0 Å². The molecule has 0 amide bonds. The zero-order valence-corrected chi connectivity index (χ0v) is 12.6. The largest absolute Gasteiger partial charge is 0.300 e. The second kappa shape index (κ2) is 12.5. The van der Waals surface area contributed by atoms with Crippen LogP contribution in [-0.2, 0) is 4.79 Å². The molecular weight excluding hydrogens is 228 g/mol. The van der Waals surface area contributed by atoms with Gasteiger partial charge in [-0.3, -0.25) is 4.79 Å². The summed E-state index contributed by atoms with van der Waals surface area (Å²) in [7, 11) is 0. The molecule has 0 rings (SSSR count). The minimum absolute atomic E-state index is 0.265. The Hall–Kier alpha value is 0.0200. The van der Waals surface area contributed by atoms with Crippen molar-refractivity contribution in [2.24, 2.45) is 0 Å². The molecule has 1 nitrogen and oxygen atoms in total. The summed E-state index contributed by atoms with van der Waals surface area (Å²) < 4.78 is 0. The van der Waals surface area contributed by atoms with E-state index in [1.807, 2.05) is 0 Å². The van der Waals surface area contributed by atoms with E-state index < -0.39 is 0 Å². The first-order valence-electron chi connectivity index (χ1n) is 7.34. The van der Waals surface area contributed by atoms with Crippen molar-refractivity contribution in [3.8, 4) is 0 Å². The summed E-state index contributed by atoms with van der Waals surface area (Å²) in [6.45, 7) is 3.91. The summed E-state index contributed by atoms with van der Waals surface area (Å²) in [5.74, 6) is 0.265. The molecule has 0 aliphatic heterocycles. The van der Waals surface area contributed by atoms with E-state index in [-0.39, 0.29) is 11.0 Å². The molecule has 0 spiro atoms.